The van der Waals surface area contributed by atoms with Crippen LogP contribution in [0.2, 0.25) is 0 Å². The minimum atomic E-state index is -1.36. The van der Waals surface area contributed by atoms with Crippen LogP contribution >= 0.6 is 0 Å². The van der Waals surface area contributed by atoms with Crippen molar-refractivity contribution in [2.24, 2.45) is 0 Å². The number of aliphatic hydroxyl groups is 8. The summed E-state index contributed by atoms with van der Waals surface area (Å²) in [6, 6.07) is 5.02. The molecule has 0 aromatic heterocycles. The molecule has 3 aliphatic rings. The van der Waals surface area contributed by atoms with E-state index in [1.54, 1.807) is 0 Å². The molecule has 17 heteroatoms. The van der Waals surface area contributed by atoms with Crippen LogP contribution in [0, 0.1) is 0 Å². The fourth-order valence-corrected chi connectivity index (χ4v) is 2.34. The van der Waals surface area contributed by atoms with Crippen LogP contribution in [-0.2, 0) is 23.7 Å². The highest BCUT2D eigenvalue weighted by molar-refractivity contribution is 5.91. The van der Waals surface area contributed by atoms with Crippen molar-refractivity contribution >= 4 is 11.9 Å². The molecule has 3 aliphatic heterocycles. The zero-order chi connectivity index (χ0) is 33.2. The van der Waals surface area contributed by atoms with Crippen LogP contribution in [0.4, 0.5) is 0 Å². The van der Waals surface area contributed by atoms with E-state index in [0.717, 1.165) is 19.8 Å². The first-order chi connectivity index (χ1) is 20.4. The predicted molar refractivity (Wildman–Crippen MR) is 147 cm³/mol. The number of rotatable bonds is 9. The van der Waals surface area contributed by atoms with Gasteiger partial charge in [0.25, 0.3) is 0 Å². The Hall–Kier alpha value is -2.36. The Morgan fingerprint density at radius 3 is 1.42 bits per heavy atom. The van der Waals surface area contributed by atoms with Crippen LogP contribution in [0.5, 0.6) is 0 Å². The molecule has 0 bridgehead atoms. The molecule has 6 atom stereocenters. The van der Waals surface area contributed by atoms with Gasteiger partial charge >= 0.3 is 11.9 Å². The smallest absolute Gasteiger partial charge is 0.335 e. The Bertz CT molecular complexity index is 742. The summed E-state index contributed by atoms with van der Waals surface area (Å²) in [7, 11) is 1.30. The zero-order valence-corrected chi connectivity index (χ0v) is 24.2. The second-order valence-electron chi connectivity index (χ2n) is 8.38. The summed E-state index contributed by atoms with van der Waals surface area (Å²) < 4.78 is 23.5. The fraction of sp³-hybridized carbons (Fsp3) is 0.692. The minimum Gasteiger partial charge on any atom is -0.478 e. The van der Waals surface area contributed by atoms with Crippen molar-refractivity contribution in [1.29, 1.82) is 0 Å². The van der Waals surface area contributed by atoms with E-state index in [4.69, 9.17) is 50.0 Å². The van der Waals surface area contributed by atoms with Gasteiger partial charge in [-0.25, -0.2) is 9.59 Å². The van der Waals surface area contributed by atoms with Crippen LogP contribution in [0.3, 0.4) is 0 Å². The molecule has 0 saturated carbocycles. The highest BCUT2D eigenvalue weighted by Gasteiger charge is 2.43. The molecule has 3 saturated heterocycles. The third kappa shape index (κ3) is 23.7. The van der Waals surface area contributed by atoms with Gasteiger partial charge < -0.3 is 74.7 Å². The normalized spacial score (nSPS) is 24.2. The lowest BCUT2D eigenvalue weighted by atomic mass is 9.99. The van der Waals surface area contributed by atoms with Gasteiger partial charge in [0.05, 0.1) is 83.3 Å². The van der Waals surface area contributed by atoms with Crippen molar-refractivity contribution in [3.63, 3.8) is 0 Å². The number of epoxide rings is 2. The number of carboxylic acid groups (broad SMARTS) is 2. The number of carboxylic acids is 2. The number of carbonyl (C=O) groups is 2. The third-order valence-electron chi connectivity index (χ3n) is 4.73. The van der Waals surface area contributed by atoms with E-state index in [9.17, 15) is 24.9 Å². The summed E-state index contributed by atoms with van der Waals surface area (Å²) in [6.07, 6.45) is -5.33. The Balaban J connectivity index is 0. The van der Waals surface area contributed by atoms with Gasteiger partial charge in [-0.15, -0.1) is 0 Å². The molecule has 4 rings (SSSR count). The lowest BCUT2D eigenvalue weighted by Crippen LogP contribution is -2.58. The molecule has 252 valence electrons. The van der Waals surface area contributed by atoms with Gasteiger partial charge in [-0.2, -0.15) is 0 Å². The number of methoxy groups -OCH3 is 1. The van der Waals surface area contributed by atoms with Crippen molar-refractivity contribution in [1.82, 2.24) is 0 Å². The standard InChI is InChI=1S/C8H6O4.C7H14O6.C4H10O3.C3H6O.C2H6O2.C2H4O/c9-7(10)5-1-2-6(4-3-5)8(11)12;1-12-7-6(11)5(10)4(9)3(2-8)13-7;5-1-3-7-4-2-6;1-3-2-4-3;3-1-2-4;1-2-3-1/h1-4H,(H,9,10)(H,11,12);3-11H,2H2,1H3;5-6H,1-4H2;3H,2H2,1H3;3-4H,1-2H2;1-2H2/t;3-,4-,5+,6-,7+;;;;/m.1..../s1. The highest BCUT2D eigenvalue weighted by atomic mass is 16.7. The number of benzene rings is 1. The van der Waals surface area contributed by atoms with Gasteiger partial charge in [-0.1, -0.05) is 0 Å². The fourth-order valence-electron chi connectivity index (χ4n) is 2.34. The van der Waals surface area contributed by atoms with Crippen molar-refractivity contribution in [2.45, 2.75) is 43.7 Å². The Kier molecular flexibility index (Phi) is 27.1. The number of aliphatic hydroxyl groups excluding tert-OH is 8. The molecule has 3 heterocycles. The van der Waals surface area contributed by atoms with Crippen molar-refractivity contribution in [3.8, 4) is 0 Å². The molecule has 0 amide bonds. The minimum absolute atomic E-state index is 0.0278. The maximum absolute atomic E-state index is 10.3. The number of hydrogen-bond acceptors (Lipinski definition) is 15. The molecule has 43 heavy (non-hydrogen) atoms. The largest absolute Gasteiger partial charge is 0.478 e. The summed E-state index contributed by atoms with van der Waals surface area (Å²) in [5, 5.41) is 84.9. The molecule has 1 aromatic carbocycles. The molecule has 3 fully saturated rings. The quantitative estimate of drug-likeness (QED) is 0.0954. The van der Waals surface area contributed by atoms with Crippen LogP contribution in [0.25, 0.3) is 0 Å². The second kappa shape index (κ2) is 27.2. The predicted octanol–water partition coefficient (Wildman–Crippen LogP) is -3.10. The van der Waals surface area contributed by atoms with E-state index in [-0.39, 0.29) is 37.6 Å². The maximum atomic E-state index is 10.3. The van der Waals surface area contributed by atoms with E-state index in [0.29, 0.717) is 19.3 Å². The van der Waals surface area contributed by atoms with Gasteiger partial charge in [-0.05, 0) is 31.2 Å². The maximum Gasteiger partial charge on any atom is 0.335 e. The molecule has 1 unspecified atom stereocenters. The highest BCUT2D eigenvalue weighted by Crippen LogP contribution is 2.21. The lowest BCUT2D eigenvalue weighted by molar-refractivity contribution is -0.294. The van der Waals surface area contributed by atoms with E-state index in [2.05, 4.69) is 16.4 Å². The molecule has 0 radical (unpaired) electrons. The average Bonchev–Trinajstić information content (AvgIpc) is 3.94. The van der Waals surface area contributed by atoms with Crippen LogP contribution in [0.1, 0.15) is 27.6 Å². The first kappa shape index (κ1) is 42.8. The molecule has 1 aromatic rings. The van der Waals surface area contributed by atoms with Gasteiger partial charge in [0.2, 0.25) is 0 Å². The first-order valence-electron chi connectivity index (χ1n) is 13.1. The van der Waals surface area contributed by atoms with Crippen LogP contribution in [-0.4, -0.2) is 173 Å². The summed E-state index contributed by atoms with van der Waals surface area (Å²) in [5.74, 6) is -2.13. The topological polar surface area (TPSA) is 289 Å². The van der Waals surface area contributed by atoms with Crippen molar-refractivity contribution in [2.75, 3.05) is 73.2 Å². The lowest BCUT2D eigenvalue weighted by Gasteiger charge is -2.38. The monoisotopic (exact) mass is 630 g/mol. The van der Waals surface area contributed by atoms with Crippen LogP contribution in [0.15, 0.2) is 24.3 Å². The van der Waals surface area contributed by atoms with Gasteiger partial charge in [0, 0.05) is 7.11 Å². The number of hydrogen-bond donors (Lipinski definition) is 10. The van der Waals surface area contributed by atoms with Gasteiger partial charge in [-0.3, -0.25) is 0 Å². The molecule has 17 nitrogen and oxygen atoms in total. The molecule has 0 spiro atoms. The average molecular weight is 631 g/mol. The van der Waals surface area contributed by atoms with Crippen molar-refractivity contribution in [3.05, 3.63) is 35.4 Å². The van der Waals surface area contributed by atoms with E-state index < -0.39 is 49.3 Å². The second-order valence-corrected chi connectivity index (χ2v) is 8.38. The molecular formula is C26H46O17. The first-order valence-corrected chi connectivity index (χ1v) is 13.1. The van der Waals surface area contributed by atoms with E-state index >= 15 is 0 Å². The third-order valence-corrected chi connectivity index (χ3v) is 4.73. The number of ether oxygens (including phenoxy) is 5. The summed E-state index contributed by atoms with van der Waals surface area (Å²) in [5.41, 5.74) is 0.167. The summed E-state index contributed by atoms with van der Waals surface area (Å²) in [4.78, 5) is 20.7. The Morgan fingerprint density at radius 1 is 0.791 bits per heavy atom. The van der Waals surface area contributed by atoms with Crippen molar-refractivity contribution < 1.29 is 84.3 Å². The Morgan fingerprint density at radius 2 is 1.19 bits per heavy atom. The molecule has 10 N–H and O–H groups in total. The number of aromatic carboxylic acids is 2. The summed E-state index contributed by atoms with van der Waals surface area (Å²) in [6.45, 7) is 5.05. The molecule has 0 aliphatic carbocycles. The van der Waals surface area contributed by atoms with Crippen LogP contribution < -0.4 is 0 Å². The van der Waals surface area contributed by atoms with E-state index in [1.165, 1.54) is 31.4 Å². The summed E-state index contributed by atoms with van der Waals surface area (Å²) >= 11 is 0. The SMILES string of the molecule is C1CO1.CC1CO1.CO[C@H]1O[C@H](CO)[C@@H](O)[C@H](O)[C@H]1O.O=C(O)c1ccc(C(=O)O)cc1.OCCO.OCCOCCO. The van der Waals surface area contributed by atoms with E-state index in [1.807, 2.05) is 0 Å². The zero-order valence-electron chi connectivity index (χ0n) is 24.2. The van der Waals surface area contributed by atoms with Gasteiger partial charge in [0.1, 0.15) is 24.4 Å². The Labute approximate surface area is 249 Å². The van der Waals surface area contributed by atoms with Gasteiger partial charge in [0.15, 0.2) is 6.29 Å². The molecular weight excluding hydrogens is 584 g/mol.